The predicted molar refractivity (Wildman–Crippen MR) is 71.7 cm³/mol. The van der Waals surface area contributed by atoms with Crippen molar-refractivity contribution in [2.45, 2.75) is 12.6 Å². The van der Waals surface area contributed by atoms with Crippen molar-refractivity contribution < 1.29 is 9.84 Å². The number of nitrogen functional groups attached to an aromatic ring is 1. The van der Waals surface area contributed by atoms with Gasteiger partial charge in [-0.25, -0.2) is 0 Å². The first-order chi connectivity index (χ1) is 8.52. The molecule has 0 amide bonds. The average molecular weight is 251 g/mol. The van der Waals surface area contributed by atoms with Crippen LogP contribution >= 0.6 is 0 Å². The summed E-state index contributed by atoms with van der Waals surface area (Å²) in [6.45, 7) is 1.63. The molecular formula is C13H21N3O2. The van der Waals surface area contributed by atoms with E-state index < -0.39 is 6.10 Å². The highest BCUT2D eigenvalue weighted by Crippen LogP contribution is 2.06. The van der Waals surface area contributed by atoms with Gasteiger partial charge in [-0.1, -0.05) is 24.3 Å². The van der Waals surface area contributed by atoms with Gasteiger partial charge in [-0.05, 0) is 12.6 Å². The van der Waals surface area contributed by atoms with Gasteiger partial charge in [0.05, 0.1) is 12.7 Å². The molecule has 0 aliphatic rings. The van der Waals surface area contributed by atoms with Gasteiger partial charge in [0.15, 0.2) is 0 Å². The van der Waals surface area contributed by atoms with Gasteiger partial charge in [-0.15, -0.1) is 0 Å². The Bertz CT molecular complexity index is 378. The summed E-state index contributed by atoms with van der Waals surface area (Å²) in [5.74, 6) is 0.0745. The van der Waals surface area contributed by atoms with Crippen LogP contribution in [0, 0.1) is 5.41 Å². The second-order valence-electron chi connectivity index (χ2n) is 4.42. The number of likely N-dealkylation sites (N-methyl/N-ethyl adjacent to an activating group) is 1. The number of hydrogen-bond donors (Lipinski definition) is 3. The largest absolute Gasteiger partial charge is 0.389 e. The summed E-state index contributed by atoms with van der Waals surface area (Å²) < 4.78 is 4.88. The number of nitrogens with zero attached hydrogens (tertiary/aromatic N) is 1. The summed E-state index contributed by atoms with van der Waals surface area (Å²) in [7, 11) is 3.52. The maximum atomic E-state index is 9.60. The molecule has 5 nitrogen and oxygen atoms in total. The number of ether oxygens (including phenoxy) is 1. The monoisotopic (exact) mass is 251 g/mol. The zero-order chi connectivity index (χ0) is 13.5. The Morgan fingerprint density at radius 2 is 2.06 bits per heavy atom. The molecule has 100 valence electrons. The van der Waals surface area contributed by atoms with E-state index in [2.05, 4.69) is 0 Å². The van der Waals surface area contributed by atoms with Crippen molar-refractivity contribution in [3.8, 4) is 0 Å². The van der Waals surface area contributed by atoms with Gasteiger partial charge in [-0.3, -0.25) is 10.3 Å². The van der Waals surface area contributed by atoms with E-state index >= 15 is 0 Å². The van der Waals surface area contributed by atoms with Crippen molar-refractivity contribution in [2.75, 3.05) is 27.3 Å². The zero-order valence-corrected chi connectivity index (χ0v) is 10.9. The molecule has 0 saturated carbocycles. The van der Waals surface area contributed by atoms with Crippen molar-refractivity contribution in [3.63, 3.8) is 0 Å². The topological polar surface area (TPSA) is 82.6 Å². The van der Waals surface area contributed by atoms with Crippen LogP contribution in [0.1, 0.15) is 11.1 Å². The van der Waals surface area contributed by atoms with Crippen molar-refractivity contribution in [1.29, 1.82) is 5.41 Å². The molecule has 5 heteroatoms. The molecule has 0 aromatic heterocycles. The van der Waals surface area contributed by atoms with E-state index in [0.29, 0.717) is 13.2 Å². The van der Waals surface area contributed by atoms with E-state index in [-0.39, 0.29) is 5.84 Å². The number of hydrogen-bond acceptors (Lipinski definition) is 4. The highest BCUT2D eigenvalue weighted by Gasteiger charge is 2.08. The second-order valence-corrected chi connectivity index (χ2v) is 4.42. The Kier molecular flexibility index (Phi) is 5.77. The molecule has 1 rings (SSSR count). The Labute approximate surface area is 108 Å². The molecule has 4 N–H and O–H groups in total. The molecule has 1 atom stereocenters. The van der Waals surface area contributed by atoms with E-state index in [1.165, 1.54) is 0 Å². The van der Waals surface area contributed by atoms with Crippen LogP contribution in [0.15, 0.2) is 24.3 Å². The number of nitrogens with two attached hydrogens (primary N) is 1. The van der Waals surface area contributed by atoms with Gasteiger partial charge in [0.1, 0.15) is 5.84 Å². The van der Waals surface area contributed by atoms with Gasteiger partial charge in [0.2, 0.25) is 0 Å². The smallest absolute Gasteiger partial charge is 0.122 e. The van der Waals surface area contributed by atoms with Crippen molar-refractivity contribution in [2.24, 2.45) is 5.73 Å². The van der Waals surface area contributed by atoms with Crippen LogP contribution in [0.25, 0.3) is 0 Å². The molecule has 0 fully saturated rings. The quantitative estimate of drug-likeness (QED) is 0.484. The standard InChI is InChI=1S/C13H21N3O2/c1-16(8-12(17)9-18-2)7-10-3-5-11(6-4-10)13(14)15/h3-6,12,17H,7-9H2,1-2H3,(H3,14,15). The number of aliphatic hydroxyl groups is 1. The fraction of sp³-hybridized carbons (Fsp3) is 0.462. The van der Waals surface area contributed by atoms with E-state index in [1.807, 2.05) is 36.2 Å². The molecule has 1 unspecified atom stereocenters. The maximum Gasteiger partial charge on any atom is 0.122 e. The molecule has 0 spiro atoms. The van der Waals surface area contributed by atoms with E-state index in [9.17, 15) is 5.11 Å². The molecule has 0 bridgehead atoms. The minimum atomic E-state index is -0.475. The second kappa shape index (κ2) is 7.10. The van der Waals surface area contributed by atoms with Crippen LogP contribution < -0.4 is 5.73 Å². The molecule has 0 aliphatic carbocycles. The lowest BCUT2D eigenvalue weighted by Gasteiger charge is -2.20. The molecule has 0 radical (unpaired) electrons. The fourth-order valence-electron chi connectivity index (χ4n) is 1.77. The molecule has 1 aromatic carbocycles. The summed E-state index contributed by atoms with van der Waals surface area (Å²) in [5.41, 5.74) is 7.23. The Balaban J connectivity index is 2.49. The Morgan fingerprint density at radius 1 is 1.44 bits per heavy atom. The van der Waals surface area contributed by atoms with Crippen molar-refractivity contribution in [1.82, 2.24) is 4.90 Å². The first kappa shape index (κ1) is 14.6. The zero-order valence-electron chi connectivity index (χ0n) is 10.9. The number of nitrogens with one attached hydrogen (secondary N) is 1. The Morgan fingerprint density at radius 3 is 2.56 bits per heavy atom. The van der Waals surface area contributed by atoms with E-state index in [4.69, 9.17) is 15.9 Å². The third-order valence-corrected chi connectivity index (χ3v) is 2.60. The molecule has 18 heavy (non-hydrogen) atoms. The van der Waals surface area contributed by atoms with Gasteiger partial charge in [0, 0.05) is 25.8 Å². The number of amidine groups is 1. The van der Waals surface area contributed by atoms with Crippen LogP contribution in [-0.4, -0.2) is 49.3 Å². The van der Waals surface area contributed by atoms with Crippen LogP contribution in [-0.2, 0) is 11.3 Å². The molecule has 0 saturated heterocycles. The Hall–Kier alpha value is -1.43. The third kappa shape index (κ3) is 4.83. The average Bonchev–Trinajstić information content (AvgIpc) is 2.29. The number of benzene rings is 1. The molecule has 1 aromatic rings. The highest BCUT2D eigenvalue weighted by molar-refractivity contribution is 5.94. The molecule has 0 aliphatic heterocycles. The third-order valence-electron chi connectivity index (χ3n) is 2.60. The first-order valence-electron chi connectivity index (χ1n) is 5.81. The molecule has 0 heterocycles. The number of rotatable bonds is 7. The van der Waals surface area contributed by atoms with Gasteiger partial charge in [0.25, 0.3) is 0 Å². The SMILES string of the molecule is COCC(O)CN(C)Cc1ccc(C(=N)N)cc1. The molecular weight excluding hydrogens is 230 g/mol. The minimum absolute atomic E-state index is 0.0745. The van der Waals surface area contributed by atoms with Crippen LogP contribution in [0.3, 0.4) is 0 Å². The van der Waals surface area contributed by atoms with Crippen molar-refractivity contribution >= 4 is 5.84 Å². The van der Waals surface area contributed by atoms with Gasteiger partial charge < -0.3 is 15.6 Å². The summed E-state index contributed by atoms with van der Waals surface area (Å²) in [4.78, 5) is 2.02. The van der Waals surface area contributed by atoms with Crippen LogP contribution in [0.4, 0.5) is 0 Å². The lowest BCUT2D eigenvalue weighted by atomic mass is 10.1. The lowest BCUT2D eigenvalue weighted by molar-refractivity contribution is 0.0419. The number of methoxy groups -OCH3 is 1. The number of aliphatic hydroxyl groups excluding tert-OH is 1. The van der Waals surface area contributed by atoms with Gasteiger partial charge in [-0.2, -0.15) is 0 Å². The lowest BCUT2D eigenvalue weighted by Crippen LogP contribution is -2.31. The fourth-order valence-corrected chi connectivity index (χ4v) is 1.77. The van der Waals surface area contributed by atoms with Crippen LogP contribution in [0.2, 0.25) is 0 Å². The first-order valence-corrected chi connectivity index (χ1v) is 5.81. The minimum Gasteiger partial charge on any atom is -0.389 e. The van der Waals surface area contributed by atoms with Crippen molar-refractivity contribution in [3.05, 3.63) is 35.4 Å². The predicted octanol–water partition coefficient (Wildman–Crippen LogP) is 0.410. The summed E-state index contributed by atoms with van der Waals surface area (Å²) in [5, 5.41) is 16.9. The van der Waals surface area contributed by atoms with E-state index in [0.717, 1.165) is 17.7 Å². The van der Waals surface area contributed by atoms with Crippen LogP contribution in [0.5, 0.6) is 0 Å². The summed E-state index contributed by atoms with van der Waals surface area (Å²) in [6.07, 6.45) is -0.475. The van der Waals surface area contributed by atoms with Gasteiger partial charge >= 0.3 is 0 Å². The maximum absolute atomic E-state index is 9.60. The van der Waals surface area contributed by atoms with E-state index in [1.54, 1.807) is 7.11 Å². The highest BCUT2D eigenvalue weighted by atomic mass is 16.5. The normalized spacial score (nSPS) is 12.7. The summed E-state index contributed by atoms with van der Waals surface area (Å²) >= 11 is 0. The summed E-state index contributed by atoms with van der Waals surface area (Å²) in [6, 6.07) is 7.54.